The van der Waals surface area contributed by atoms with Gasteiger partial charge in [-0.15, -0.1) is 11.3 Å². The minimum Gasteiger partial charge on any atom is -0.296 e. The smallest absolute Gasteiger partial charge is 0.0247 e. The van der Waals surface area contributed by atoms with Crippen molar-refractivity contribution < 1.29 is 0 Å². The first-order valence-corrected chi connectivity index (χ1v) is 7.02. The van der Waals surface area contributed by atoms with Crippen molar-refractivity contribution in [3.8, 4) is 0 Å². The van der Waals surface area contributed by atoms with Gasteiger partial charge in [0.15, 0.2) is 0 Å². The highest BCUT2D eigenvalue weighted by Gasteiger charge is 2.22. The predicted molar refractivity (Wildman–Crippen MR) is 67.4 cm³/mol. The van der Waals surface area contributed by atoms with E-state index in [0.717, 1.165) is 6.04 Å². The van der Waals surface area contributed by atoms with Gasteiger partial charge >= 0.3 is 0 Å². The van der Waals surface area contributed by atoms with Crippen molar-refractivity contribution in [2.75, 3.05) is 6.54 Å². The zero-order chi connectivity index (χ0) is 10.7. The molecule has 1 nitrogen and oxygen atoms in total. The Morgan fingerprint density at radius 3 is 3.07 bits per heavy atom. The van der Waals surface area contributed by atoms with Crippen molar-refractivity contribution in [1.29, 1.82) is 0 Å². The molecule has 1 atom stereocenters. The first kappa shape index (κ1) is 11.2. The second kappa shape index (κ2) is 5.13. The van der Waals surface area contributed by atoms with Crippen LogP contribution in [0.4, 0.5) is 0 Å². The van der Waals surface area contributed by atoms with Gasteiger partial charge in [0.05, 0.1) is 0 Å². The number of hydrogen-bond donors (Lipinski definition) is 0. The number of rotatable bonds is 4. The van der Waals surface area contributed by atoms with Crippen LogP contribution in [-0.4, -0.2) is 17.5 Å². The van der Waals surface area contributed by atoms with E-state index in [0.29, 0.717) is 0 Å². The van der Waals surface area contributed by atoms with Gasteiger partial charge in [-0.1, -0.05) is 20.3 Å². The highest BCUT2D eigenvalue weighted by atomic mass is 32.1. The molecule has 1 aromatic rings. The maximum Gasteiger partial charge on any atom is 0.0247 e. The quantitative estimate of drug-likeness (QED) is 0.752. The molecule has 0 aliphatic carbocycles. The normalized spacial score (nSPS) is 18.8. The summed E-state index contributed by atoms with van der Waals surface area (Å²) in [7, 11) is 0. The van der Waals surface area contributed by atoms with Crippen LogP contribution in [0.5, 0.6) is 0 Å². The lowest BCUT2D eigenvalue weighted by molar-refractivity contribution is 0.165. The zero-order valence-corrected chi connectivity index (χ0v) is 10.6. The fourth-order valence-electron chi connectivity index (χ4n) is 2.56. The Bertz CT molecular complexity index is 305. The van der Waals surface area contributed by atoms with Gasteiger partial charge in [-0.3, -0.25) is 4.90 Å². The monoisotopic (exact) mass is 223 g/mol. The Kier molecular flexibility index (Phi) is 3.81. The van der Waals surface area contributed by atoms with E-state index in [-0.39, 0.29) is 0 Å². The minimum atomic E-state index is 0.808. The second-order valence-electron chi connectivity index (χ2n) is 4.44. The van der Waals surface area contributed by atoms with E-state index in [1.807, 2.05) is 11.3 Å². The van der Waals surface area contributed by atoms with Crippen molar-refractivity contribution in [2.45, 2.75) is 52.1 Å². The Morgan fingerprint density at radius 1 is 1.47 bits per heavy atom. The molecule has 15 heavy (non-hydrogen) atoms. The van der Waals surface area contributed by atoms with Crippen LogP contribution in [0.15, 0.2) is 11.4 Å². The van der Waals surface area contributed by atoms with Gasteiger partial charge in [0.1, 0.15) is 0 Å². The molecule has 0 bridgehead atoms. The van der Waals surface area contributed by atoms with Crippen molar-refractivity contribution in [2.24, 2.45) is 0 Å². The maximum atomic E-state index is 2.68. The lowest BCUT2D eigenvalue weighted by Crippen LogP contribution is -2.38. The third-order valence-corrected chi connectivity index (χ3v) is 4.47. The standard InChI is InChI=1S/C13H21NS/c1-3-5-12(4-2)14-8-6-13-11(10-14)7-9-15-13/h7,9,12H,3-6,8,10H2,1-2H3. The van der Waals surface area contributed by atoms with Crippen molar-refractivity contribution >= 4 is 11.3 Å². The highest BCUT2D eigenvalue weighted by molar-refractivity contribution is 7.10. The van der Waals surface area contributed by atoms with Crippen LogP contribution in [0.2, 0.25) is 0 Å². The van der Waals surface area contributed by atoms with E-state index < -0.39 is 0 Å². The Labute approximate surface area is 97.1 Å². The molecule has 2 heterocycles. The zero-order valence-electron chi connectivity index (χ0n) is 9.83. The SMILES string of the molecule is CCCC(CC)N1CCc2sccc2C1. The van der Waals surface area contributed by atoms with Gasteiger partial charge in [0.2, 0.25) is 0 Å². The summed E-state index contributed by atoms with van der Waals surface area (Å²) in [4.78, 5) is 4.30. The molecule has 0 N–H and O–H groups in total. The summed E-state index contributed by atoms with van der Waals surface area (Å²) in [6.45, 7) is 7.08. The van der Waals surface area contributed by atoms with Gasteiger partial charge in [-0.2, -0.15) is 0 Å². The highest BCUT2D eigenvalue weighted by Crippen LogP contribution is 2.26. The number of hydrogen-bond acceptors (Lipinski definition) is 2. The molecule has 84 valence electrons. The minimum absolute atomic E-state index is 0.808. The summed E-state index contributed by atoms with van der Waals surface area (Å²) in [6.07, 6.45) is 5.24. The number of fused-ring (bicyclic) bond motifs is 1. The van der Waals surface area contributed by atoms with Gasteiger partial charge in [0, 0.05) is 24.0 Å². The molecule has 1 aliphatic rings. The molecule has 0 saturated heterocycles. The molecule has 2 heteroatoms. The van der Waals surface area contributed by atoms with Crippen molar-refractivity contribution in [1.82, 2.24) is 4.90 Å². The Morgan fingerprint density at radius 2 is 2.33 bits per heavy atom. The Hall–Kier alpha value is -0.340. The average molecular weight is 223 g/mol. The lowest BCUT2D eigenvalue weighted by atomic mass is 10.0. The molecule has 0 saturated carbocycles. The summed E-state index contributed by atoms with van der Waals surface area (Å²) in [6, 6.07) is 3.12. The topological polar surface area (TPSA) is 3.24 Å². The van der Waals surface area contributed by atoms with Crippen LogP contribution in [0.3, 0.4) is 0 Å². The number of nitrogens with zero attached hydrogens (tertiary/aromatic N) is 1. The van der Waals surface area contributed by atoms with Crippen molar-refractivity contribution in [3.05, 3.63) is 21.9 Å². The molecular formula is C13H21NS. The van der Waals surface area contributed by atoms with Crippen LogP contribution < -0.4 is 0 Å². The molecule has 1 aromatic heterocycles. The van der Waals surface area contributed by atoms with E-state index in [9.17, 15) is 0 Å². The number of thiophene rings is 1. The summed E-state index contributed by atoms with van der Waals surface area (Å²) < 4.78 is 0. The molecule has 0 radical (unpaired) electrons. The summed E-state index contributed by atoms with van der Waals surface area (Å²) in [5.41, 5.74) is 1.58. The van der Waals surface area contributed by atoms with Crippen molar-refractivity contribution in [3.63, 3.8) is 0 Å². The Balaban J connectivity index is 2.01. The lowest BCUT2D eigenvalue weighted by Gasteiger charge is -2.34. The molecular weight excluding hydrogens is 202 g/mol. The van der Waals surface area contributed by atoms with Gasteiger partial charge in [-0.05, 0) is 36.3 Å². The molecule has 0 amide bonds. The maximum absolute atomic E-state index is 2.68. The molecule has 0 spiro atoms. The van der Waals surface area contributed by atoms with Crippen LogP contribution in [0.25, 0.3) is 0 Å². The van der Waals surface area contributed by atoms with Gasteiger partial charge in [-0.25, -0.2) is 0 Å². The second-order valence-corrected chi connectivity index (χ2v) is 5.44. The third-order valence-electron chi connectivity index (χ3n) is 3.45. The average Bonchev–Trinajstić information content (AvgIpc) is 2.72. The summed E-state index contributed by atoms with van der Waals surface area (Å²) in [5, 5.41) is 2.24. The molecule has 0 fully saturated rings. The summed E-state index contributed by atoms with van der Waals surface area (Å²) in [5.74, 6) is 0. The van der Waals surface area contributed by atoms with E-state index in [1.54, 1.807) is 10.4 Å². The molecule has 0 aromatic carbocycles. The predicted octanol–water partition coefficient (Wildman–Crippen LogP) is 3.68. The van der Waals surface area contributed by atoms with Gasteiger partial charge < -0.3 is 0 Å². The fraction of sp³-hybridized carbons (Fsp3) is 0.692. The van der Waals surface area contributed by atoms with Crippen LogP contribution in [-0.2, 0) is 13.0 Å². The van der Waals surface area contributed by atoms with Crippen LogP contribution in [0, 0.1) is 0 Å². The first-order chi connectivity index (χ1) is 7.35. The first-order valence-electron chi connectivity index (χ1n) is 6.14. The van der Waals surface area contributed by atoms with Crippen LogP contribution in [0.1, 0.15) is 43.6 Å². The fourth-order valence-corrected chi connectivity index (χ4v) is 3.45. The largest absolute Gasteiger partial charge is 0.296 e. The van der Waals surface area contributed by atoms with Gasteiger partial charge in [0.25, 0.3) is 0 Å². The van der Waals surface area contributed by atoms with Crippen LogP contribution >= 0.6 is 11.3 Å². The summed E-state index contributed by atoms with van der Waals surface area (Å²) >= 11 is 1.93. The van der Waals surface area contributed by atoms with E-state index in [1.165, 1.54) is 38.8 Å². The molecule has 1 aliphatic heterocycles. The van der Waals surface area contributed by atoms with E-state index >= 15 is 0 Å². The van der Waals surface area contributed by atoms with E-state index in [2.05, 4.69) is 30.2 Å². The molecule has 1 unspecified atom stereocenters. The molecule has 2 rings (SSSR count). The third kappa shape index (κ3) is 2.43. The van der Waals surface area contributed by atoms with E-state index in [4.69, 9.17) is 0 Å².